The minimum absolute atomic E-state index is 0.134. The molecule has 4 nitrogen and oxygen atoms in total. The molecule has 0 amide bonds. The van der Waals surface area contributed by atoms with Gasteiger partial charge in [0.05, 0.1) is 19.1 Å². The zero-order chi connectivity index (χ0) is 23.7. The average molecular weight is 455 g/mol. The maximum Gasteiger partial charge on any atom is 0.308 e. The number of carbonyl (C=O) groups excluding carboxylic acids is 2. The van der Waals surface area contributed by atoms with Crippen molar-refractivity contribution >= 4 is 11.9 Å². The summed E-state index contributed by atoms with van der Waals surface area (Å²) in [6.45, 7) is 7.56. The van der Waals surface area contributed by atoms with Crippen LogP contribution in [-0.4, -0.2) is 25.2 Å². The molecule has 0 saturated heterocycles. The lowest BCUT2D eigenvalue weighted by atomic mass is 9.98. The molecule has 1 atom stereocenters. The standard InChI is InChI=1S/C28H54O4/c1-4-7-9-11-13-15-17-19-24-31-27(29)23-22-26(21-6-3)28(30)32-25-20-18-16-14-12-10-8-5-2/h26H,4-25H2,1-3H3. The molecule has 0 aliphatic heterocycles. The van der Waals surface area contributed by atoms with E-state index >= 15 is 0 Å². The molecule has 0 bridgehead atoms. The van der Waals surface area contributed by atoms with Gasteiger partial charge in [0.2, 0.25) is 0 Å². The summed E-state index contributed by atoms with van der Waals surface area (Å²) < 4.78 is 10.9. The summed E-state index contributed by atoms with van der Waals surface area (Å²) in [6.07, 6.45) is 22.3. The molecule has 190 valence electrons. The molecular formula is C28H54O4. The second-order valence-corrected chi connectivity index (χ2v) is 9.36. The zero-order valence-electron chi connectivity index (χ0n) is 21.8. The van der Waals surface area contributed by atoms with Gasteiger partial charge in [-0.3, -0.25) is 9.59 Å². The van der Waals surface area contributed by atoms with E-state index in [1.807, 2.05) is 0 Å². The highest BCUT2D eigenvalue weighted by Gasteiger charge is 2.20. The van der Waals surface area contributed by atoms with E-state index < -0.39 is 0 Å². The number of ether oxygens (including phenoxy) is 2. The first-order valence-corrected chi connectivity index (χ1v) is 14.0. The Morgan fingerprint density at radius 2 is 0.969 bits per heavy atom. The van der Waals surface area contributed by atoms with Crippen molar-refractivity contribution in [1.29, 1.82) is 0 Å². The van der Waals surface area contributed by atoms with Crippen LogP contribution in [0.3, 0.4) is 0 Å². The lowest BCUT2D eigenvalue weighted by Crippen LogP contribution is -2.20. The molecule has 0 rings (SSSR count). The van der Waals surface area contributed by atoms with E-state index in [2.05, 4.69) is 20.8 Å². The van der Waals surface area contributed by atoms with Crippen LogP contribution in [-0.2, 0) is 19.1 Å². The zero-order valence-corrected chi connectivity index (χ0v) is 21.8. The predicted molar refractivity (Wildman–Crippen MR) is 135 cm³/mol. The molecule has 0 aromatic heterocycles. The van der Waals surface area contributed by atoms with Crippen molar-refractivity contribution in [2.24, 2.45) is 5.92 Å². The molecule has 0 spiro atoms. The maximum atomic E-state index is 12.4. The van der Waals surface area contributed by atoms with E-state index in [4.69, 9.17) is 9.47 Å². The first-order chi connectivity index (χ1) is 15.7. The van der Waals surface area contributed by atoms with Crippen LogP contribution >= 0.6 is 0 Å². The van der Waals surface area contributed by atoms with E-state index in [0.29, 0.717) is 26.1 Å². The summed E-state index contributed by atoms with van der Waals surface area (Å²) in [5.41, 5.74) is 0. The topological polar surface area (TPSA) is 52.6 Å². The fraction of sp³-hybridized carbons (Fsp3) is 0.929. The Labute approximate surface area is 199 Å². The quantitative estimate of drug-likeness (QED) is 0.108. The van der Waals surface area contributed by atoms with Crippen molar-refractivity contribution in [3.63, 3.8) is 0 Å². The minimum Gasteiger partial charge on any atom is -0.466 e. The summed E-state index contributed by atoms with van der Waals surface area (Å²) in [5.74, 6) is -0.486. The Bertz CT molecular complexity index is 422. The summed E-state index contributed by atoms with van der Waals surface area (Å²) in [6, 6.07) is 0. The SMILES string of the molecule is CCCCCCCCCCOC(=O)CCC(CCC)C(=O)OCCCCCCCCCC. The van der Waals surface area contributed by atoms with Gasteiger partial charge in [0.1, 0.15) is 0 Å². The third-order valence-corrected chi connectivity index (χ3v) is 6.17. The molecule has 32 heavy (non-hydrogen) atoms. The Morgan fingerprint density at radius 3 is 1.44 bits per heavy atom. The molecular weight excluding hydrogens is 400 g/mol. The number of hydrogen-bond donors (Lipinski definition) is 0. The number of carbonyl (C=O) groups is 2. The number of esters is 2. The number of hydrogen-bond acceptors (Lipinski definition) is 4. The predicted octanol–water partition coefficient (Wildman–Crippen LogP) is 8.55. The van der Waals surface area contributed by atoms with Crippen molar-refractivity contribution in [3.05, 3.63) is 0 Å². The van der Waals surface area contributed by atoms with Crippen LogP contribution in [0.25, 0.3) is 0 Å². The van der Waals surface area contributed by atoms with Gasteiger partial charge in [0, 0.05) is 6.42 Å². The van der Waals surface area contributed by atoms with Crippen molar-refractivity contribution in [2.75, 3.05) is 13.2 Å². The molecule has 0 N–H and O–H groups in total. The van der Waals surface area contributed by atoms with Gasteiger partial charge in [-0.05, 0) is 25.7 Å². The lowest BCUT2D eigenvalue weighted by molar-refractivity contribution is -0.150. The Kier molecular flexibility index (Phi) is 23.8. The van der Waals surface area contributed by atoms with Crippen molar-refractivity contribution in [2.45, 2.75) is 149 Å². The van der Waals surface area contributed by atoms with Crippen LogP contribution in [0.15, 0.2) is 0 Å². The molecule has 1 unspecified atom stereocenters. The Hall–Kier alpha value is -1.06. The van der Waals surface area contributed by atoms with Gasteiger partial charge in [0.15, 0.2) is 0 Å². The smallest absolute Gasteiger partial charge is 0.308 e. The molecule has 0 saturated carbocycles. The minimum atomic E-state index is -0.176. The van der Waals surface area contributed by atoms with Crippen LogP contribution in [0.2, 0.25) is 0 Å². The molecule has 0 radical (unpaired) electrons. The fourth-order valence-electron chi connectivity index (χ4n) is 4.04. The third-order valence-electron chi connectivity index (χ3n) is 6.17. The summed E-state index contributed by atoms with van der Waals surface area (Å²) in [7, 11) is 0. The fourth-order valence-corrected chi connectivity index (χ4v) is 4.04. The van der Waals surface area contributed by atoms with Crippen LogP contribution in [0.1, 0.15) is 149 Å². The monoisotopic (exact) mass is 454 g/mol. The van der Waals surface area contributed by atoms with E-state index in [0.717, 1.165) is 38.5 Å². The Balaban J connectivity index is 3.76. The van der Waals surface area contributed by atoms with Crippen molar-refractivity contribution < 1.29 is 19.1 Å². The summed E-state index contributed by atoms with van der Waals surface area (Å²) in [4.78, 5) is 24.4. The van der Waals surface area contributed by atoms with Gasteiger partial charge < -0.3 is 9.47 Å². The van der Waals surface area contributed by atoms with Gasteiger partial charge >= 0.3 is 11.9 Å². The van der Waals surface area contributed by atoms with Gasteiger partial charge in [-0.1, -0.05) is 117 Å². The van der Waals surface area contributed by atoms with E-state index in [1.54, 1.807) is 0 Å². The summed E-state index contributed by atoms with van der Waals surface area (Å²) in [5, 5.41) is 0. The van der Waals surface area contributed by atoms with Crippen LogP contribution < -0.4 is 0 Å². The highest BCUT2D eigenvalue weighted by Crippen LogP contribution is 2.17. The van der Waals surface area contributed by atoms with Gasteiger partial charge in [-0.2, -0.15) is 0 Å². The van der Waals surface area contributed by atoms with E-state index in [-0.39, 0.29) is 17.9 Å². The van der Waals surface area contributed by atoms with Crippen LogP contribution in [0, 0.1) is 5.92 Å². The Morgan fingerprint density at radius 1 is 0.531 bits per heavy atom. The summed E-state index contributed by atoms with van der Waals surface area (Å²) >= 11 is 0. The molecule has 0 heterocycles. The normalized spacial score (nSPS) is 12.0. The first-order valence-electron chi connectivity index (χ1n) is 14.0. The number of unbranched alkanes of at least 4 members (excludes halogenated alkanes) is 14. The van der Waals surface area contributed by atoms with Crippen molar-refractivity contribution in [3.8, 4) is 0 Å². The largest absolute Gasteiger partial charge is 0.466 e. The van der Waals surface area contributed by atoms with Crippen LogP contribution in [0.4, 0.5) is 0 Å². The second-order valence-electron chi connectivity index (χ2n) is 9.36. The van der Waals surface area contributed by atoms with Crippen LogP contribution in [0.5, 0.6) is 0 Å². The molecule has 0 fully saturated rings. The molecule has 0 aliphatic carbocycles. The molecule has 0 aliphatic rings. The van der Waals surface area contributed by atoms with Crippen molar-refractivity contribution in [1.82, 2.24) is 0 Å². The van der Waals surface area contributed by atoms with Gasteiger partial charge in [-0.25, -0.2) is 0 Å². The second kappa shape index (κ2) is 24.6. The van der Waals surface area contributed by atoms with Gasteiger partial charge in [0.25, 0.3) is 0 Å². The molecule has 0 aromatic carbocycles. The molecule has 0 aromatic rings. The number of rotatable bonds is 24. The molecule has 4 heteroatoms. The van der Waals surface area contributed by atoms with Gasteiger partial charge in [-0.15, -0.1) is 0 Å². The lowest BCUT2D eigenvalue weighted by Gasteiger charge is -2.15. The highest BCUT2D eigenvalue weighted by atomic mass is 16.5. The first kappa shape index (κ1) is 30.9. The maximum absolute atomic E-state index is 12.4. The highest BCUT2D eigenvalue weighted by molar-refractivity contribution is 5.74. The van der Waals surface area contributed by atoms with E-state index in [1.165, 1.54) is 77.0 Å². The third kappa shape index (κ3) is 20.8. The average Bonchev–Trinajstić information content (AvgIpc) is 2.79. The van der Waals surface area contributed by atoms with E-state index in [9.17, 15) is 9.59 Å².